The molecule has 172 valence electrons. The molecule has 0 aromatic heterocycles. The van der Waals surface area contributed by atoms with Crippen molar-refractivity contribution in [2.75, 3.05) is 17.5 Å². The summed E-state index contributed by atoms with van der Waals surface area (Å²) in [5, 5.41) is 4.14. The molecule has 0 fully saturated rings. The number of aryl methyl sites for hydroxylation is 1. The fraction of sp³-hybridized carbons (Fsp3) is 0.200. The van der Waals surface area contributed by atoms with Gasteiger partial charge in [0.2, 0.25) is 0 Å². The van der Waals surface area contributed by atoms with Crippen LogP contribution in [0, 0.1) is 6.92 Å². The van der Waals surface area contributed by atoms with E-state index in [4.69, 9.17) is 4.74 Å². The maximum Gasteiger partial charge on any atom is 0.264 e. The second-order valence-corrected chi connectivity index (χ2v) is 9.21. The molecular formula is C25H27N3O4S. The molecule has 0 heterocycles. The van der Waals surface area contributed by atoms with Gasteiger partial charge in [0.15, 0.2) is 0 Å². The summed E-state index contributed by atoms with van der Waals surface area (Å²) in [7, 11) is -3.95. The number of rotatable bonds is 9. The van der Waals surface area contributed by atoms with Gasteiger partial charge in [-0.15, -0.1) is 0 Å². The van der Waals surface area contributed by atoms with Gasteiger partial charge < -0.3 is 4.74 Å². The van der Waals surface area contributed by atoms with Crippen LogP contribution in [0.1, 0.15) is 25.0 Å². The molecular weight excluding hydrogens is 438 g/mol. The van der Waals surface area contributed by atoms with E-state index >= 15 is 0 Å². The van der Waals surface area contributed by atoms with Crippen molar-refractivity contribution in [2.24, 2.45) is 5.10 Å². The molecule has 0 radical (unpaired) electrons. The largest absolute Gasteiger partial charge is 0.494 e. The number of sulfonamides is 1. The van der Waals surface area contributed by atoms with E-state index in [1.54, 1.807) is 49.4 Å². The zero-order valence-corrected chi connectivity index (χ0v) is 19.7. The number of amides is 1. The second kappa shape index (κ2) is 10.8. The number of benzene rings is 3. The first-order chi connectivity index (χ1) is 15.8. The highest BCUT2D eigenvalue weighted by Gasteiger charge is 2.27. The topological polar surface area (TPSA) is 88.1 Å². The standard InChI is InChI=1S/C25H27N3O4S/c1-4-32-23-16-12-21(13-17-23)20(3)26-27-25(29)18-28(22-14-10-19(2)11-15-22)33(30,31)24-8-6-5-7-9-24/h5-17H,4,18H2,1-3H3,(H,27,29)/b26-20-. The number of nitrogens with one attached hydrogen (secondary N) is 1. The summed E-state index contributed by atoms with van der Waals surface area (Å²) in [6, 6.07) is 22.3. The molecule has 0 aliphatic rings. The van der Waals surface area contributed by atoms with E-state index in [1.165, 1.54) is 12.1 Å². The van der Waals surface area contributed by atoms with E-state index in [-0.39, 0.29) is 4.90 Å². The van der Waals surface area contributed by atoms with Crippen LogP contribution >= 0.6 is 0 Å². The Morgan fingerprint density at radius 2 is 1.61 bits per heavy atom. The van der Waals surface area contributed by atoms with Crippen molar-refractivity contribution in [2.45, 2.75) is 25.7 Å². The summed E-state index contributed by atoms with van der Waals surface area (Å²) >= 11 is 0. The smallest absolute Gasteiger partial charge is 0.264 e. The molecule has 3 rings (SSSR count). The monoisotopic (exact) mass is 465 g/mol. The third-order valence-electron chi connectivity index (χ3n) is 4.87. The normalized spacial score (nSPS) is 11.7. The van der Waals surface area contributed by atoms with Gasteiger partial charge in [-0.3, -0.25) is 9.10 Å². The number of nitrogens with zero attached hydrogens (tertiary/aromatic N) is 2. The number of ether oxygens (including phenoxy) is 1. The van der Waals surface area contributed by atoms with Crippen LogP contribution in [-0.4, -0.2) is 33.2 Å². The Balaban J connectivity index is 1.80. The molecule has 0 aliphatic carbocycles. The average molecular weight is 466 g/mol. The molecule has 1 amide bonds. The van der Waals surface area contributed by atoms with Gasteiger partial charge in [0.25, 0.3) is 15.9 Å². The Kier molecular flexibility index (Phi) is 7.84. The molecule has 33 heavy (non-hydrogen) atoms. The van der Waals surface area contributed by atoms with Crippen LogP contribution in [-0.2, 0) is 14.8 Å². The van der Waals surface area contributed by atoms with Gasteiger partial charge in [0.05, 0.1) is 22.9 Å². The number of carbonyl (C=O) groups is 1. The molecule has 1 N–H and O–H groups in total. The van der Waals surface area contributed by atoms with Gasteiger partial charge in [-0.05, 0) is 74.9 Å². The highest BCUT2D eigenvalue weighted by molar-refractivity contribution is 7.92. The van der Waals surface area contributed by atoms with E-state index in [0.717, 1.165) is 21.2 Å². The van der Waals surface area contributed by atoms with Crippen molar-refractivity contribution in [3.8, 4) is 5.75 Å². The van der Waals surface area contributed by atoms with Crippen LogP contribution in [0.5, 0.6) is 5.75 Å². The Morgan fingerprint density at radius 3 is 2.21 bits per heavy atom. The summed E-state index contributed by atoms with van der Waals surface area (Å²) < 4.78 is 33.1. The Bertz CT molecular complexity index is 1210. The van der Waals surface area contributed by atoms with Crippen molar-refractivity contribution >= 4 is 27.3 Å². The summed E-state index contributed by atoms with van der Waals surface area (Å²) in [6.07, 6.45) is 0. The Labute approximate surface area is 194 Å². The first-order valence-corrected chi connectivity index (χ1v) is 12.0. The summed E-state index contributed by atoms with van der Waals surface area (Å²) in [5.74, 6) is 0.193. The predicted molar refractivity (Wildman–Crippen MR) is 130 cm³/mol. The van der Waals surface area contributed by atoms with E-state index in [2.05, 4.69) is 10.5 Å². The van der Waals surface area contributed by atoms with Gasteiger partial charge in [-0.2, -0.15) is 5.10 Å². The minimum absolute atomic E-state index is 0.104. The zero-order chi connectivity index (χ0) is 23.8. The average Bonchev–Trinajstić information content (AvgIpc) is 2.83. The van der Waals surface area contributed by atoms with Crippen LogP contribution in [0.15, 0.2) is 88.9 Å². The van der Waals surface area contributed by atoms with Gasteiger partial charge in [0.1, 0.15) is 12.3 Å². The summed E-state index contributed by atoms with van der Waals surface area (Å²) in [5.41, 5.74) is 5.24. The van der Waals surface area contributed by atoms with Crippen LogP contribution in [0.4, 0.5) is 5.69 Å². The predicted octanol–water partition coefficient (Wildman–Crippen LogP) is 4.13. The molecule has 3 aromatic carbocycles. The number of anilines is 1. The lowest BCUT2D eigenvalue weighted by Gasteiger charge is -2.23. The summed E-state index contributed by atoms with van der Waals surface area (Å²) in [4.78, 5) is 12.8. The van der Waals surface area contributed by atoms with Gasteiger partial charge in [-0.25, -0.2) is 13.8 Å². The molecule has 3 aromatic rings. The number of hydrogen-bond donors (Lipinski definition) is 1. The zero-order valence-electron chi connectivity index (χ0n) is 18.9. The minimum Gasteiger partial charge on any atom is -0.494 e. The molecule has 7 nitrogen and oxygen atoms in total. The van der Waals surface area contributed by atoms with Crippen molar-refractivity contribution in [1.29, 1.82) is 0 Å². The molecule has 0 saturated heterocycles. The molecule has 0 unspecified atom stereocenters. The number of carbonyl (C=O) groups excluding carboxylic acids is 1. The lowest BCUT2D eigenvalue weighted by molar-refractivity contribution is -0.119. The van der Waals surface area contributed by atoms with Crippen molar-refractivity contribution in [3.05, 3.63) is 90.0 Å². The van der Waals surface area contributed by atoms with Crippen LogP contribution in [0.2, 0.25) is 0 Å². The Hall–Kier alpha value is -3.65. The molecule has 8 heteroatoms. The van der Waals surface area contributed by atoms with Gasteiger partial charge in [-0.1, -0.05) is 35.9 Å². The highest BCUT2D eigenvalue weighted by Crippen LogP contribution is 2.23. The van der Waals surface area contributed by atoms with E-state index in [9.17, 15) is 13.2 Å². The molecule has 0 saturated carbocycles. The lowest BCUT2D eigenvalue weighted by atomic mass is 10.1. The molecule has 0 spiro atoms. The third-order valence-corrected chi connectivity index (χ3v) is 6.66. The van der Waals surface area contributed by atoms with E-state index in [1.807, 2.05) is 38.1 Å². The fourth-order valence-electron chi connectivity index (χ4n) is 3.08. The van der Waals surface area contributed by atoms with Crippen molar-refractivity contribution < 1.29 is 17.9 Å². The van der Waals surface area contributed by atoms with Crippen LogP contribution < -0.4 is 14.5 Å². The number of hydrazone groups is 1. The van der Waals surface area contributed by atoms with E-state index < -0.39 is 22.5 Å². The maximum absolute atomic E-state index is 13.3. The first kappa shape index (κ1) is 24.0. The molecule has 0 atom stereocenters. The third kappa shape index (κ3) is 6.20. The van der Waals surface area contributed by atoms with Crippen LogP contribution in [0.25, 0.3) is 0 Å². The van der Waals surface area contributed by atoms with Gasteiger partial charge >= 0.3 is 0 Å². The van der Waals surface area contributed by atoms with Crippen molar-refractivity contribution in [1.82, 2.24) is 5.43 Å². The SMILES string of the molecule is CCOc1ccc(/C(C)=N\NC(=O)CN(c2ccc(C)cc2)S(=O)(=O)c2ccccc2)cc1. The van der Waals surface area contributed by atoms with Gasteiger partial charge in [0, 0.05) is 0 Å². The maximum atomic E-state index is 13.3. The molecule has 0 aliphatic heterocycles. The second-order valence-electron chi connectivity index (χ2n) is 7.35. The van der Waals surface area contributed by atoms with Crippen LogP contribution in [0.3, 0.4) is 0 Å². The minimum atomic E-state index is -3.95. The quantitative estimate of drug-likeness (QED) is 0.380. The highest BCUT2D eigenvalue weighted by atomic mass is 32.2. The van der Waals surface area contributed by atoms with E-state index in [0.29, 0.717) is 18.0 Å². The number of hydrogen-bond acceptors (Lipinski definition) is 5. The lowest BCUT2D eigenvalue weighted by Crippen LogP contribution is -2.39. The first-order valence-electron chi connectivity index (χ1n) is 10.5. The Morgan fingerprint density at radius 1 is 0.970 bits per heavy atom. The van der Waals surface area contributed by atoms with Crippen molar-refractivity contribution in [3.63, 3.8) is 0 Å². The molecule has 0 bridgehead atoms. The summed E-state index contributed by atoms with van der Waals surface area (Å²) in [6.45, 7) is 5.74. The fourth-order valence-corrected chi connectivity index (χ4v) is 4.52.